The third-order valence-corrected chi connectivity index (χ3v) is 2.89. The lowest BCUT2D eigenvalue weighted by Gasteiger charge is -2.06. The molecule has 1 aliphatic rings. The first-order valence-corrected chi connectivity index (χ1v) is 6.30. The van der Waals surface area contributed by atoms with Gasteiger partial charge in [-0.05, 0) is 12.5 Å². The second-order valence-electron chi connectivity index (χ2n) is 4.37. The van der Waals surface area contributed by atoms with E-state index < -0.39 is 0 Å². The summed E-state index contributed by atoms with van der Waals surface area (Å²) in [4.78, 5) is 0. The molecule has 0 amide bonds. The maximum Gasteiger partial charge on any atom is 0.124 e. The van der Waals surface area contributed by atoms with E-state index >= 15 is 0 Å². The van der Waals surface area contributed by atoms with Crippen molar-refractivity contribution in [1.29, 1.82) is 0 Å². The van der Waals surface area contributed by atoms with E-state index in [1.54, 1.807) is 6.08 Å². The van der Waals surface area contributed by atoms with Crippen molar-refractivity contribution in [1.82, 2.24) is 0 Å². The Balaban J connectivity index is 1.85. The van der Waals surface area contributed by atoms with Crippen molar-refractivity contribution in [2.45, 2.75) is 64.4 Å². The molecule has 0 fully saturated rings. The first-order chi connectivity index (χ1) is 7.33. The molecule has 0 saturated heterocycles. The van der Waals surface area contributed by atoms with Crippen LogP contribution in [-0.2, 0) is 4.74 Å². The van der Waals surface area contributed by atoms with Crippen LogP contribution in [0.2, 0.25) is 0 Å². The maximum absolute atomic E-state index is 12.6. The summed E-state index contributed by atoms with van der Waals surface area (Å²) in [5.41, 5.74) is 0. The monoisotopic (exact) mass is 214 g/mol. The molecule has 0 aromatic rings. The van der Waals surface area contributed by atoms with Crippen LogP contribution in [0.4, 0.5) is 4.39 Å². The van der Waals surface area contributed by atoms with Crippen LogP contribution in [-0.4, -0.2) is 12.7 Å². The summed E-state index contributed by atoms with van der Waals surface area (Å²) in [6.07, 6.45) is 11.8. The SMILES string of the molecule is CCCCCCCCCC1C=C(F)CO1. The molecule has 15 heavy (non-hydrogen) atoms. The molecular formula is C13H23FO. The molecule has 1 heterocycles. The fourth-order valence-corrected chi connectivity index (χ4v) is 1.95. The van der Waals surface area contributed by atoms with Gasteiger partial charge in [-0.1, -0.05) is 51.9 Å². The van der Waals surface area contributed by atoms with Crippen LogP contribution in [0.25, 0.3) is 0 Å². The molecule has 1 aliphatic heterocycles. The van der Waals surface area contributed by atoms with Crippen molar-refractivity contribution in [3.63, 3.8) is 0 Å². The quantitative estimate of drug-likeness (QED) is 0.545. The Hall–Kier alpha value is -0.370. The smallest absolute Gasteiger partial charge is 0.124 e. The van der Waals surface area contributed by atoms with E-state index in [1.807, 2.05) is 0 Å². The van der Waals surface area contributed by atoms with Gasteiger partial charge in [0.05, 0.1) is 12.7 Å². The number of hydrogen-bond donors (Lipinski definition) is 0. The molecule has 1 atom stereocenters. The Kier molecular flexibility index (Phi) is 6.66. The number of halogens is 1. The van der Waals surface area contributed by atoms with Crippen LogP contribution in [0.3, 0.4) is 0 Å². The molecule has 0 bridgehead atoms. The third-order valence-electron chi connectivity index (χ3n) is 2.89. The Morgan fingerprint density at radius 1 is 1.20 bits per heavy atom. The summed E-state index contributed by atoms with van der Waals surface area (Å²) in [6, 6.07) is 0. The largest absolute Gasteiger partial charge is 0.367 e. The van der Waals surface area contributed by atoms with Crippen LogP contribution in [0.5, 0.6) is 0 Å². The zero-order valence-electron chi connectivity index (χ0n) is 9.80. The van der Waals surface area contributed by atoms with E-state index in [-0.39, 0.29) is 18.5 Å². The average molecular weight is 214 g/mol. The summed E-state index contributed by atoms with van der Waals surface area (Å²) in [7, 11) is 0. The fraction of sp³-hybridized carbons (Fsp3) is 0.846. The summed E-state index contributed by atoms with van der Waals surface area (Å²) in [5, 5.41) is 0. The second kappa shape index (κ2) is 7.86. The molecule has 88 valence electrons. The lowest BCUT2D eigenvalue weighted by Crippen LogP contribution is -2.03. The normalized spacial score (nSPS) is 20.7. The molecule has 0 spiro atoms. The summed E-state index contributed by atoms with van der Waals surface area (Å²) in [5.74, 6) is -0.0945. The molecule has 0 aromatic heterocycles. The lowest BCUT2D eigenvalue weighted by atomic mass is 10.1. The zero-order chi connectivity index (χ0) is 10.9. The first-order valence-electron chi connectivity index (χ1n) is 6.30. The van der Waals surface area contributed by atoms with Gasteiger partial charge >= 0.3 is 0 Å². The molecule has 0 aliphatic carbocycles. The molecule has 0 aromatic carbocycles. The van der Waals surface area contributed by atoms with Gasteiger partial charge in [0.1, 0.15) is 5.83 Å². The van der Waals surface area contributed by atoms with Gasteiger partial charge in [-0.2, -0.15) is 0 Å². The van der Waals surface area contributed by atoms with Crippen molar-refractivity contribution in [3.8, 4) is 0 Å². The predicted molar refractivity (Wildman–Crippen MR) is 61.5 cm³/mol. The number of unbranched alkanes of at least 4 members (excludes halogenated alkanes) is 6. The van der Waals surface area contributed by atoms with Gasteiger partial charge in [0, 0.05) is 0 Å². The molecule has 0 saturated carbocycles. The number of hydrogen-bond acceptors (Lipinski definition) is 1. The van der Waals surface area contributed by atoms with Crippen molar-refractivity contribution in [2.75, 3.05) is 6.61 Å². The third kappa shape index (κ3) is 5.93. The van der Waals surface area contributed by atoms with Crippen molar-refractivity contribution in [3.05, 3.63) is 11.9 Å². The Morgan fingerprint density at radius 2 is 1.87 bits per heavy atom. The Morgan fingerprint density at radius 3 is 2.47 bits per heavy atom. The van der Waals surface area contributed by atoms with Crippen LogP contribution in [0.15, 0.2) is 11.9 Å². The van der Waals surface area contributed by atoms with Crippen molar-refractivity contribution >= 4 is 0 Å². The van der Waals surface area contributed by atoms with Crippen molar-refractivity contribution < 1.29 is 9.13 Å². The van der Waals surface area contributed by atoms with E-state index in [1.165, 1.54) is 44.9 Å². The van der Waals surface area contributed by atoms with Crippen molar-refractivity contribution in [2.24, 2.45) is 0 Å². The first kappa shape index (κ1) is 12.7. The molecule has 2 heteroatoms. The standard InChI is InChI=1S/C13H23FO/c1-2-3-4-5-6-7-8-9-13-10-12(14)11-15-13/h10,13H,2-9,11H2,1H3. The number of rotatable bonds is 8. The minimum atomic E-state index is -0.0945. The summed E-state index contributed by atoms with van der Waals surface area (Å²) < 4.78 is 17.9. The predicted octanol–water partition coefficient (Wildman–Crippen LogP) is 4.38. The van der Waals surface area contributed by atoms with E-state index in [0.29, 0.717) is 0 Å². The lowest BCUT2D eigenvalue weighted by molar-refractivity contribution is 0.111. The maximum atomic E-state index is 12.6. The summed E-state index contributed by atoms with van der Waals surface area (Å²) in [6.45, 7) is 2.43. The molecule has 1 nitrogen and oxygen atoms in total. The van der Waals surface area contributed by atoms with Gasteiger partial charge < -0.3 is 4.74 Å². The van der Waals surface area contributed by atoms with E-state index in [0.717, 1.165) is 6.42 Å². The molecule has 1 rings (SSSR count). The highest BCUT2D eigenvalue weighted by Crippen LogP contribution is 2.18. The Bertz CT molecular complexity index is 189. The van der Waals surface area contributed by atoms with Gasteiger partial charge in [0.25, 0.3) is 0 Å². The fourth-order valence-electron chi connectivity index (χ4n) is 1.95. The van der Waals surface area contributed by atoms with Gasteiger partial charge in [-0.15, -0.1) is 0 Å². The highest BCUT2D eigenvalue weighted by Gasteiger charge is 2.14. The van der Waals surface area contributed by atoms with E-state index in [2.05, 4.69) is 6.92 Å². The van der Waals surface area contributed by atoms with E-state index in [9.17, 15) is 4.39 Å². The van der Waals surface area contributed by atoms with Crippen LogP contribution >= 0.6 is 0 Å². The zero-order valence-corrected chi connectivity index (χ0v) is 9.80. The highest BCUT2D eigenvalue weighted by atomic mass is 19.1. The van der Waals surface area contributed by atoms with Crippen LogP contribution in [0, 0.1) is 0 Å². The summed E-state index contributed by atoms with van der Waals surface area (Å²) >= 11 is 0. The molecule has 0 N–H and O–H groups in total. The molecule has 1 unspecified atom stereocenters. The molecule has 0 radical (unpaired) electrons. The molecular weight excluding hydrogens is 191 g/mol. The van der Waals surface area contributed by atoms with Gasteiger partial charge in [-0.3, -0.25) is 0 Å². The van der Waals surface area contributed by atoms with Gasteiger partial charge in [0.15, 0.2) is 0 Å². The van der Waals surface area contributed by atoms with Gasteiger partial charge in [0.2, 0.25) is 0 Å². The van der Waals surface area contributed by atoms with Crippen LogP contribution in [0.1, 0.15) is 58.3 Å². The van der Waals surface area contributed by atoms with Gasteiger partial charge in [-0.25, -0.2) is 4.39 Å². The topological polar surface area (TPSA) is 9.23 Å². The van der Waals surface area contributed by atoms with Crippen LogP contribution < -0.4 is 0 Å². The minimum Gasteiger partial charge on any atom is -0.367 e. The highest BCUT2D eigenvalue weighted by molar-refractivity contribution is 5.02. The minimum absolute atomic E-state index is 0.0561. The average Bonchev–Trinajstić information content (AvgIpc) is 2.63. The Labute approximate surface area is 92.7 Å². The number of ether oxygens (including phenoxy) is 1. The van der Waals surface area contributed by atoms with E-state index in [4.69, 9.17) is 4.74 Å². The second-order valence-corrected chi connectivity index (χ2v) is 4.37.